The van der Waals surface area contributed by atoms with E-state index >= 15 is 0 Å². The van der Waals surface area contributed by atoms with E-state index in [4.69, 9.17) is 5.73 Å². The van der Waals surface area contributed by atoms with E-state index in [2.05, 4.69) is 19.2 Å². The summed E-state index contributed by atoms with van der Waals surface area (Å²) in [7, 11) is 0. The Morgan fingerprint density at radius 2 is 2.30 bits per heavy atom. The molecule has 10 heavy (non-hydrogen) atoms. The molecule has 1 fully saturated rings. The summed E-state index contributed by atoms with van der Waals surface area (Å²) in [6, 6.07) is 0. The summed E-state index contributed by atoms with van der Waals surface area (Å²) in [5.74, 6) is 1.51. The predicted molar refractivity (Wildman–Crippen MR) is 43.5 cm³/mol. The second kappa shape index (κ2) is 3.35. The van der Waals surface area contributed by atoms with Gasteiger partial charge in [0, 0.05) is 0 Å². The summed E-state index contributed by atoms with van der Waals surface area (Å²) >= 11 is 0. The van der Waals surface area contributed by atoms with Crippen LogP contribution in [0.5, 0.6) is 0 Å². The Bertz CT molecular complexity index is 101. The van der Waals surface area contributed by atoms with Crippen molar-refractivity contribution in [2.45, 2.75) is 32.9 Å². The topological polar surface area (TPSA) is 38.0 Å². The quantitative estimate of drug-likeness (QED) is 0.602. The van der Waals surface area contributed by atoms with E-state index in [9.17, 15) is 0 Å². The van der Waals surface area contributed by atoms with Crippen molar-refractivity contribution in [1.29, 1.82) is 0 Å². The van der Waals surface area contributed by atoms with Crippen LogP contribution in [-0.2, 0) is 0 Å². The van der Waals surface area contributed by atoms with E-state index in [0.29, 0.717) is 0 Å². The molecule has 0 aromatic heterocycles. The van der Waals surface area contributed by atoms with Gasteiger partial charge in [-0.05, 0) is 31.2 Å². The van der Waals surface area contributed by atoms with Crippen LogP contribution in [0, 0.1) is 11.8 Å². The average Bonchev–Trinajstić information content (AvgIpc) is 2.15. The zero-order valence-electron chi connectivity index (χ0n) is 6.93. The van der Waals surface area contributed by atoms with Gasteiger partial charge >= 0.3 is 0 Å². The Morgan fingerprint density at radius 3 is 2.70 bits per heavy atom. The minimum atomic E-state index is 0.266. The van der Waals surface area contributed by atoms with Crippen LogP contribution in [0.25, 0.3) is 0 Å². The van der Waals surface area contributed by atoms with Crippen molar-refractivity contribution in [3.63, 3.8) is 0 Å². The maximum absolute atomic E-state index is 5.82. The lowest BCUT2D eigenvalue weighted by molar-refractivity contribution is 0.373. The molecule has 1 heterocycles. The second-order valence-electron chi connectivity index (χ2n) is 3.66. The summed E-state index contributed by atoms with van der Waals surface area (Å²) in [6.07, 6.45) is 2.80. The van der Waals surface area contributed by atoms with Gasteiger partial charge in [0.25, 0.3) is 0 Å². The van der Waals surface area contributed by atoms with Crippen molar-refractivity contribution < 1.29 is 0 Å². The van der Waals surface area contributed by atoms with Crippen LogP contribution in [-0.4, -0.2) is 12.7 Å². The maximum atomic E-state index is 5.82. The Hall–Kier alpha value is -0.0800. The van der Waals surface area contributed by atoms with Gasteiger partial charge < -0.3 is 11.1 Å². The van der Waals surface area contributed by atoms with Gasteiger partial charge in [-0.2, -0.15) is 0 Å². The van der Waals surface area contributed by atoms with E-state index in [1.807, 2.05) is 0 Å². The highest BCUT2D eigenvalue weighted by atomic mass is 15.1. The highest BCUT2D eigenvalue weighted by Crippen LogP contribution is 2.20. The molecule has 1 saturated heterocycles. The minimum absolute atomic E-state index is 0.266. The first kappa shape index (κ1) is 8.02. The molecule has 0 amide bonds. The monoisotopic (exact) mass is 142 g/mol. The van der Waals surface area contributed by atoms with E-state index in [1.54, 1.807) is 0 Å². The summed E-state index contributed by atoms with van der Waals surface area (Å²) in [5.41, 5.74) is 5.82. The zero-order chi connectivity index (χ0) is 7.56. The molecule has 0 spiro atoms. The molecule has 60 valence electrons. The van der Waals surface area contributed by atoms with Crippen LogP contribution in [0.4, 0.5) is 0 Å². The van der Waals surface area contributed by atoms with Crippen molar-refractivity contribution in [3.05, 3.63) is 0 Å². The normalized spacial score (nSPS) is 33.6. The third kappa shape index (κ3) is 1.96. The fraction of sp³-hybridized carbons (Fsp3) is 1.00. The highest BCUT2D eigenvalue weighted by molar-refractivity contribution is 4.79. The molecular weight excluding hydrogens is 124 g/mol. The molecule has 2 unspecified atom stereocenters. The number of rotatable bonds is 2. The van der Waals surface area contributed by atoms with Crippen LogP contribution in [0.1, 0.15) is 26.7 Å². The molecule has 2 heteroatoms. The van der Waals surface area contributed by atoms with Gasteiger partial charge in [0.15, 0.2) is 0 Å². The van der Waals surface area contributed by atoms with Gasteiger partial charge in [0.2, 0.25) is 0 Å². The number of hydrogen-bond donors (Lipinski definition) is 2. The largest absolute Gasteiger partial charge is 0.316 e. The highest BCUT2D eigenvalue weighted by Gasteiger charge is 2.23. The number of hydrogen-bond acceptors (Lipinski definition) is 2. The summed E-state index contributed by atoms with van der Waals surface area (Å²) in [5, 5.41) is 3.25. The van der Waals surface area contributed by atoms with Crippen molar-refractivity contribution >= 4 is 0 Å². The average molecular weight is 142 g/mol. The van der Waals surface area contributed by atoms with Crippen molar-refractivity contribution in [2.75, 3.05) is 6.54 Å². The molecule has 0 aliphatic carbocycles. The van der Waals surface area contributed by atoms with Crippen LogP contribution in [0.2, 0.25) is 0 Å². The van der Waals surface area contributed by atoms with Gasteiger partial charge in [-0.25, -0.2) is 0 Å². The third-order valence-electron chi connectivity index (χ3n) is 2.18. The van der Waals surface area contributed by atoms with Gasteiger partial charge in [0.05, 0.1) is 6.17 Å². The fourth-order valence-electron chi connectivity index (χ4n) is 1.65. The van der Waals surface area contributed by atoms with Crippen LogP contribution < -0.4 is 11.1 Å². The Kier molecular flexibility index (Phi) is 2.69. The number of nitrogens with one attached hydrogen (secondary N) is 1. The molecule has 0 radical (unpaired) electrons. The van der Waals surface area contributed by atoms with Crippen molar-refractivity contribution in [3.8, 4) is 0 Å². The van der Waals surface area contributed by atoms with Crippen LogP contribution >= 0.6 is 0 Å². The molecule has 1 aliphatic rings. The van der Waals surface area contributed by atoms with Gasteiger partial charge in [-0.1, -0.05) is 13.8 Å². The molecule has 0 bridgehead atoms. The molecule has 1 aliphatic heterocycles. The SMILES string of the molecule is CC(C)CC1CCNC1N. The van der Waals surface area contributed by atoms with E-state index < -0.39 is 0 Å². The van der Waals surface area contributed by atoms with Crippen molar-refractivity contribution in [1.82, 2.24) is 5.32 Å². The summed E-state index contributed by atoms with van der Waals surface area (Å²) < 4.78 is 0. The van der Waals surface area contributed by atoms with Crippen LogP contribution in [0.3, 0.4) is 0 Å². The molecular formula is C8H18N2. The lowest BCUT2D eigenvalue weighted by Gasteiger charge is -2.16. The van der Waals surface area contributed by atoms with Gasteiger partial charge in [0.1, 0.15) is 0 Å². The molecule has 0 aromatic carbocycles. The minimum Gasteiger partial charge on any atom is -0.316 e. The molecule has 2 nitrogen and oxygen atoms in total. The summed E-state index contributed by atoms with van der Waals surface area (Å²) in [6.45, 7) is 5.62. The number of nitrogens with two attached hydrogens (primary N) is 1. The predicted octanol–water partition coefficient (Wildman–Crippen LogP) is 0.927. The molecule has 2 atom stereocenters. The van der Waals surface area contributed by atoms with Gasteiger partial charge in [-0.3, -0.25) is 0 Å². The lowest BCUT2D eigenvalue weighted by atomic mass is 9.95. The van der Waals surface area contributed by atoms with E-state index in [0.717, 1.165) is 18.4 Å². The first-order valence-electron chi connectivity index (χ1n) is 4.19. The molecule has 0 saturated carbocycles. The first-order chi connectivity index (χ1) is 4.70. The Balaban J connectivity index is 2.26. The first-order valence-corrected chi connectivity index (χ1v) is 4.19. The lowest BCUT2D eigenvalue weighted by Crippen LogP contribution is -2.36. The maximum Gasteiger partial charge on any atom is 0.0575 e. The Morgan fingerprint density at radius 1 is 1.60 bits per heavy atom. The standard InChI is InChI=1S/C8H18N2/c1-6(2)5-7-3-4-10-8(7)9/h6-8,10H,3-5,9H2,1-2H3. The van der Waals surface area contributed by atoms with Gasteiger partial charge in [-0.15, -0.1) is 0 Å². The van der Waals surface area contributed by atoms with Crippen LogP contribution in [0.15, 0.2) is 0 Å². The summed E-state index contributed by atoms with van der Waals surface area (Å²) in [4.78, 5) is 0. The smallest absolute Gasteiger partial charge is 0.0575 e. The van der Waals surface area contributed by atoms with Crippen molar-refractivity contribution in [2.24, 2.45) is 17.6 Å². The molecule has 0 aromatic rings. The zero-order valence-corrected chi connectivity index (χ0v) is 6.93. The Labute approximate surface area is 63.2 Å². The third-order valence-corrected chi connectivity index (χ3v) is 2.18. The molecule has 3 N–H and O–H groups in total. The fourth-order valence-corrected chi connectivity index (χ4v) is 1.65. The molecule has 1 rings (SSSR count). The second-order valence-corrected chi connectivity index (χ2v) is 3.66. The van der Waals surface area contributed by atoms with E-state index in [1.165, 1.54) is 12.8 Å². The van der Waals surface area contributed by atoms with E-state index in [-0.39, 0.29) is 6.17 Å².